The van der Waals surface area contributed by atoms with E-state index in [-0.39, 0.29) is 22.9 Å². The number of carbonyl (C=O) groups is 1. The Morgan fingerprint density at radius 3 is 2.03 bits per heavy atom. The molecule has 0 aromatic heterocycles. The summed E-state index contributed by atoms with van der Waals surface area (Å²) in [7, 11) is 0.782. The number of ether oxygens (including phenoxy) is 3. The molecule has 170 valence electrons. The van der Waals surface area contributed by atoms with Crippen molar-refractivity contribution in [1.82, 2.24) is 10.0 Å². The molecule has 2 aromatic rings. The summed E-state index contributed by atoms with van der Waals surface area (Å²) < 4.78 is 43.8. The van der Waals surface area contributed by atoms with Gasteiger partial charge in [0.25, 0.3) is 5.91 Å². The van der Waals surface area contributed by atoms with Crippen molar-refractivity contribution in [2.24, 2.45) is 0 Å². The Hall–Kier alpha value is -2.78. The third-order valence-electron chi connectivity index (χ3n) is 4.38. The van der Waals surface area contributed by atoms with E-state index < -0.39 is 15.6 Å². The molecule has 0 saturated heterocycles. The molecule has 0 saturated carbocycles. The number of aryl methyl sites for hydroxylation is 1. The van der Waals surface area contributed by atoms with Gasteiger partial charge in [-0.05, 0) is 63.1 Å². The second kappa shape index (κ2) is 9.57. The average molecular weight is 451 g/mol. The van der Waals surface area contributed by atoms with E-state index in [1.54, 1.807) is 45.9 Å². The zero-order valence-corrected chi connectivity index (χ0v) is 19.8. The number of nitrogens with one attached hydrogen (secondary N) is 2. The number of sulfonamides is 1. The second-order valence-electron chi connectivity index (χ2n) is 8.05. The molecule has 0 aliphatic heterocycles. The molecule has 0 radical (unpaired) electrons. The Labute approximate surface area is 184 Å². The molecule has 2 rings (SSSR count). The van der Waals surface area contributed by atoms with Crippen LogP contribution in [0.1, 0.15) is 42.3 Å². The highest BCUT2D eigenvalue weighted by Crippen LogP contribution is 2.38. The Morgan fingerprint density at radius 2 is 1.55 bits per heavy atom. The number of hydrogen-bond donors (Lipinski definition) is 2. The third-order valence-corrected chi connectivity index (χ3v) is 6.14. The van der Waals surface area contributed by atoms with Gasteiger partial charge in [0.1, 0.15) is 0 Å². The van der Waals surface area contributed by atoms with Gasteiger partial charge in [-0.15, -0.1) is 0 Å². The van der Waals surface area contributed by atoms with Crippen LogP contribution in [0, 0.1) is 6.92 Å². The molecule has 8 nitrogen and oxygen atoms in total. The van der Waals surface area contributed by atoms with E-state index in [0.29, 0.717) is 22.8 Å². The highest BCUT2D eigenvalue weighted by molar-refractivity contribution is 7.89. The molecule has 0 aliphatic rings. The fourth-order valence-corrected chi connectivity index (χ4v) is 4.43. The Kier molecular flexibility index (Phi) is 7.56. The molecule has 0 unspecified atom stereocenters. The summed E-state index contributed by atoms with van der Waals surface area (Å²) in [5, 5.41) is 2.82. The van der Waals surface area contributed by atoms with Gasteiger partial charge in [-0.25, -0.2) is 13.1 Å². The van der Waals surface area contributed by atoms with Gasteiger partial charge in [0.2, 0.25) is 15.8 Å². The third kappa shape index (κ3) is 6.11. The first-order valence-corrected chi connectivity index (χ1v) is 11.1. The lowest BCUT2D eigenvalue weighted by molar-refractivity contribution is 0.0950. The van der Waals surface area contributed by atoms with Crippen molar-refractivity contribution in [2.75, 3.05) is 21.3 Å². The first-order chi connectivity index (χ1) is 14.4. The van der Waals surface area contributed by atoms with Crippen LogP contribution < -0.4 is 24.2 Å². The molecule has 0 heterocycles. The van der Waals surface area contributed by atoms with Crippen molar-refractivity contribution in [1.29, 1.82) is 0 Å². The molecule has 2 aromatic carbocycles. The van der Waals surface area contributed by atoms with E-state index in [0.717, 1.165) is 5.56 Å². The first kappa shape index (κ1) is 24.5. The molecule has 31 heavy (non-hydrogen) atoms. The zero-order valence-electron chi connectivity index (χ0n) is 19.0. The summed E-state index contributed by atoms with van der Waals surface area (Å²) >= 11 is 0. The van der Waals surface area contributed by atoms with Gasteiger partial charge < -0.3 is 19.5 Å². The van der Waals surface area contributed by atoms with Crippen molar-refractivity contribution in [2.45, 2.75) is 44.7 Å². The normalized spacial score (nSPS) is 11.7. The summed E-state index contributed by atoms with van der Waals surface area (Å²) in [5.41, 5.74) is 1.04. The molecule has 0 atom stereocenters. The lowest BCUT2D eigenvalue weighted by atomic mass is 10.1. The molecule has 0 aliphatic carbocycles. The van der Waals surface area contributed by atoms with Crippen molar-refractivity contribution in [3.05, 3.63) is 47.0 Å². The summed E-state index contributed by atoms with van der Waals surface area (Å²) in [6.45, 7) is 7.20. The van der Waals surface area contributed by atoms with E-state index in [4.69, 9.17) is 14.2 Å². The minimum absolute atomic E-state index is 0.0333. The summed E-state index contributed by atoms with van der Waals surface area (Å²) in [6.07, 6.45) is 0. The van der Waals surface area contributed by atoms with E-state index in [9.17, 15) is 13.2 Å². The van der Waals surface area contributed by atoms with E-state index in [2.05, 4.69) is 10.0 Å². The number of carbonyl (C=O) groups excluding carboxylic acids is 1. The highest BCUT2D eigenvalue weighted by atomic mass is 32.2. The second-order valence-corrected chi connectivity index (χ2v) is 9.73. The smallest absolute Gasteiger partial charge is 0.251 e. The predicted octanol–water partition coefficient (Wildman–Crippen LogP) is 3.03. The molecule has 0 fully saturated rings. The fraction of sp³-hybridized carbons (Fsp3) is 0.409. The summed E-state index contributed by atoms with van der Waals surface area (Å²) in [5.74, 6) is 1.02. The van der Waals surface area contributed by atoms with E-state index >= 15 is 0 Å². The van der Waals surface area contributed by atoms with E-state index in [1.165, 1.54) is 33.5 Å². The standard InChI is InChI=1S/C22H30N2O6S/c1-14-8-9-16(31(26,27)24-22(2,3)4)12-17(14)21(25)23-13-15-10-18(28-5)20(30-7)19(11-15)29-6/h8-12,24H,13H2,1-7H3,(H,23,25). The van der Waals surface area contributed by atoms with Gasteiger partial charge in [0.05, 0.1) is 26.2 Å². The number of hydrogen-bond acceptors (Lipinski definition) is 6. The van der Waals surface area contributed by atoms with Crippen LogP contribution in [0.15, 0.2) is 35.2 Å². The molecule has 0 spiro atoms. The van der Waals surface area contributed by atoms with Crippen molar-refractivity contribution < 1.29 is 27.4 Å². The van der Waals surface area contributed by atoms with Gasteiger partial charge >= 0.3 is 0 Å². The minimum atomic E-state index is -3.76. The van der Waals surface area contributed by atoms with Gasteiger partial charge in [0, 0.05) is 17.6 Å². The first-order valence-electron chi connectivity index (χ1n) is 9.63. The van der Waals surface area contributed by atoms with Gasteiger partial charge in [-0.1, -0.05) is 6.07 Å². The van der Waals surface area contributed by atoms with Crippen LogP contribution in [0.5, 0.6) is 17.2 Å². The van der Waals surface area contributed by atoms with Crippen LogP contribution in [0.4, 0.5) is 0 Å². The van der Waals surface area contributed by atoms with Crippen LogP contribution in [0.25, 0.3) is 0 Å². The van der Waals surface area contributed by atoms with Crippen LogP contribution >= 0.6 is 0 Å². The van der Waals surface area contributed by atoms with Crippen LogP contribution in [-0.4, -0.2) is 41.2 Å². The van der Waals surface area contributed by atoms with Gasteiger partial charge in [-0.3, -0.25) is 4.79 Å². The zero-order chi connectivity index (χ0) is 23.4. The maximum atomic E-state index is 12.8. The van der Waals surface area contributed by atoms with Crippen molar-refractivity contribution in [3.63, 3.8) is 0 Å². The Morgan fingerprint density at radius 1 is 0.968 bits per heavy atom. The molecule has 1 amide bonds. The monoisotopic (exact) mass is 450 g/mol. The molecule has 9 heteroatoms. The number of benzene rings is 2. The maximum Gasteiger partial charge on any atom is 0.251 e. The number of rotatable bonds is 8. The van der Waals surface area contributed by atoms with Crippen molar-refractivity contribution in [3.8, 4) is 17.2 Å². The molecule has 0 bridgehead atoms. The number of amides is 1. The minimum Gasteiger partial charge on any atom is -0.493 e. The van der Waals surface area contributed by atoms with Crippen molar-refractivity contribution >= 4 is 15.9 Å². The largest absolute Gasteiger partial charge is 0.493 e. The topological polar surface area (TPSA) is 103 Å². The SMILES string of the molecule is COc1cc(CNC(=O)c2cc(S(=O)(=O)NC(C)(C)C)ccc2C)cc(OC)c1OC. The average Bonchev–Trinajstić information content (AvgIpc) is 2.69. The molecular formula is C22H30N2O6S. The Balaban J connectivity index is 2.27. The van der Waals surface area contributed by atoms with Crippen LogP contribution in [0.3, 0.4) is 0 Å². The molecular weight excluding hydrogens is 420 g/mol. The van der Waals surface area contributed by atoms with Gasteiger partial charge in [-0.2, -0.15) is 0 Å². The quantitative estimate of drug-likeness (QED) is 0.641. The Bertz CT molecular complexity index is 1030. The predicted molar refractivity (Wildman–Crippen MR) is 119 cm³/mol. The highest BCUT2D eigenvalue weighted by Gasteiger charge is 2.23. The lowest BCUT2D eigenvalue weighted by Gasteiger charge is -2.20. The van der Waals surface area contributed by atoms with Crippen LogP contribution in [0.2, 0.25) is 0 Å². The van der Waals surface area contributed by atoms with Crippen LogP contribution in [-0.2, 0) is 16.6 Å². The summed E-state index contributed by atoms with van der Waals surface area (Å²) in [4.78, 5) is 12.9. The fourth-order valence-electron chi connectivity index (χ4n) is 2.99. The van der Waals surface area contributed by atoms with Gasteiger partial charge in [0.15, 0.2) is 11.5 Å². The molecule has 2 N–H and O–H groups in total. The number of methoxy groups -OCH3 is 3. The lowest BCUT2D eigenvalue weighted by Crippen LogP contribution is -2.40. The summed E-state index contributed by atoms with van der Waals surface area (Å²) in [6, 6.07) is 7.96. The van der Waals surface area contributed by atoms with E-state index in [1.807, 2.05) is 0 Å². The maximum absolute atomic E-state index is 12.8.